The molecule has 2 rings (SSSR count). The second kappa shape index (κ2) is 16.7. The van der Waals surface area contributed by atoms with Crippen molar-refractivity contribution >= 4 is 31.5 Å². The van der Waals surface area contributed by atoms with Gasteiger partial charge in [-0.05, 0) is 24.0 Å². The zero-order chi connectivity index (χ0) is 31.3. The lowest BCUT2D eigenvalue weighted by atomic mass is 10.0. The molecule has 14 nitrogen and oxygen atoms in total. The van der Waals surface area contributed by atoms with Gasteiger partial charge in [0.2, 0.25) is 0 Å². The van der Waals surface area contributed by atoms with Gasteiger partial charge in [-0.1, -0.05) is 68.3 Å². The van der Waals surface area contributed by atoms with Crippen LogP contribution in [-0.2, 0) is 36.6 Å². The van der Waals surface area contributed by atoms with Crippen LogP contribution in [0.4, 0.5) is 0 Å². The largest absolute Gasteiger partial charge is 0.810 e. The van der Waals surface area contributed by atoms with E-state index in [4.69, 9.17) is 0 Å². The van der Waals surface area contributed by atoms with E-state index in [9.17, 15) is 54.0 Å². The fourth-order valence-electron chi connectivity index (χ4n) is 4.46. The number of hydrogen-bond donors (Lipinski definition) is 0. The molecule has 0 amide bonds. The number of nitrogens with zero attached hydrogens (tertiary/aromatic N) is 3. The van der Waals surface area contributed by atoms with E-state index in [0.29, 0.717) is 11.1 Å². The van der Waals surface area contributed by atoms with Crippen molar-refractivity contribution in [2.24, 2.45) is 0 Å². The van der Waals surface area contributed by atoms with Gasteiger partial charge in [0.15, 0.2) is 0 Å². The third-order valence-electron chi connectivity index (χ3n) is 6.41. The Balaban J connectivity index is 2.25. The number of hydrogen-bond acceptors (Lipinski definition) is 14. The summed E-state index contributed by atoms with van der Waals surface area (Å²) in [5.41, 5.74) is 1.11. The first kappa shape index (κ1) is 34.6. The molecule has 0 heterocycles. The fourth-order valence-corrected chi connectivity index (χ4v) is 5.23. The van der Waals surface area contributed by atoms with E-state index in [-0.39, 0.29) is 39.0 Å². The van der Waals surface area contributed by atoms with Gasteiger partial charge in [-0.3, -0.25) is 14.7 Å². The molecule has 230 valence electrons. The molecule has 0 fully saturated rings. The highest BCUT2D eigenvalue weighted by Gasteiger charge is 2.24. The molecule has 2 aromatic rings. The summed E-state index contributed by atoms with van der Waals surface area (Å²) in [5.74, 6) is -6.42. The Morgan fingerprint density at radius 3 is 1.26 bits per heavy atom. The van der Waals surface area contributed by atoms with E-state index in [1.54, 1.807) is 60.7 Å². The first-order chi connectivity index (χ1) is 19.7. The lowest BCUT2D eigenvalue weighted by Gasteiger charge is -2.40. The van der Waals surface area contributed by atoms with Crippen LogP contribution < -0.4 is 30.2 Å². The number of carbonyl (C=O) groups excluding carboxylic acids is 4. The third kappa shape index (κ3) is 12.9. The van der Waals surface area contributed by atoms with Crippen molar-refractivity contribution in [3.05, 3.63) is 71.8 Å². The average molecular weight is 604 g/mol. The second-order valence-electron chi connectivity index (χ2n) is 9.60. The van der Waals surface area contributed by atoms with E-state index < -0.39 is 62.9 Å². The minimum absolute atomic E-state index is 0.149. The van der Waals surface area contributed by atoms with Crippen molar-refractivity contribution in [3.8, 4) is 0 Å². The molecule has 0 spiro atoms. The summed E-state index contributed by atoms with van der Waals surface area (Å²) in [7, 11) is -5.22. The van der Waals surface area contributed by atoms with Gasteiger partial charge in [-0.2, -0.15) is 0 Å². The van der Waals surface area contributed by atoms with Crippen molar-refractivity contribution < 1.29 is 54.0 Å². The Morgan fingerprint density at radius 1 is 0.619 bits per heavy atom. The van der Waals surface area contributed by atoms with Gasteiger partial charge in [0.1, 0.15) is 0 Å². The van der Waals surface area contributed by atoms with Gasteiger partial charge in [-0.25, -0.2) is 0 Å². The molecule has 15 heteroatoms. The lowest BCUT2D eigenvalue weighted by Crippen LogP contribution is -2.56. The van der Waals surface area contributed by atoms with Gasteiger partial charge in [0.05, 0.1) is 36.0 Å². The molecule has 0 N–H and O–H groups in total. The first-order valence-electron chi connectivity index (χ1n) is 12.9. The number of benzene rings is 2. The molecular weight excluding hydrogens is 573 g/mol. The molecule has 0 aliphatic heterocycles. The summed E-state index contributed by atoms with van der Waals surface area (Å²) in [5, 5.41) is 46.7. The van der Waals surface area contributed by atoms with Crippen LogP contribution in [0.1, 0.15) is 11.1 Å². The van der Waals surface area contributed by atoms with E-state index in [1.165, 1.54) is 0 Å². The summed E-state index contributed by atoms with van der Waals surface area (Å²) in [4.78, 5) is 73.0. The number of carbonyl (C=O) groups is 4. The van der Waals surface area contributed by atoms with E-state index in [2.05, 4.69) is 0 Å². The number of carboxylic acids is 4. The third-order valence-corrected chi connectivity index (χ3v) is 7.16. The zero-order valence-corrected chi connectivity index (χ0v) is 23.5. The van der Waals surface area contributed by atoms with Crippen LogP contribution in [0.3, 0.4) is 0 Å². The topological polar surface area (TPSA) is 233 Å². The standard InChI is InChI=1S/C27H36N3O11P/c31-24(32)17-29(22(26(35)36)15-20-7-3-1-4-8-20)13-11-28(19-42(39,40)41)12-14-30(18-25(33)34)23(27(37)38)16-21-9-5-2-6-10-21/h1-10,22-23H,11-19H2,(H,31,32)(H,33,34)(H,35,36)(H,37,38)(H2,39,40,41)/p-6/t22-,23-/m0/s1. The zero-order valence-electron chi connectivity index (χ0n) is 22.6. The summed E-state index contributed by atoms with van der Waals surface area (Å²) < 4.78 is 11.6. The Labute approximate surface area is 242 Å². The molecule has 0 saturated carbocycles. The van der Waals surface area contributed by atoms with Gasteiger partial charge in [0, 0.05) is 45.6 Å². The first-order valence-corrected chi connectivity index (χ1v) is 14.6. The minimum Gasteiger partial charge on any atom is -0.810 e. The van der Waals surface area contributed by atoms with Crippen LogP contribution in [0.15, 0.2) is 60.7 Å². The van der Waals surface area contributed by atoms with Crippen molar-refractivity contribution in [1.82, 2.24) is 14.7 Å². The number of aliphatic carboxylic acids is 4. The van der Waals surface area contributed by atoms with E-state index >= 15 is 0 Å². The highest BCUT2D eigenvalue weighted by atomic mass is 31.2. The van der Waals surface area contributed by atoms with Crippen molar-refractivity contribution in [3.63, 3.8) is 0 Å². The smallest absolute Gasteiger partial charge is 0.0590 e. The normalized spacial score (nSPS) is 13.3. The van der Waals surface area contributed by atoms with Crippen LogP contribution in [-0.4, -0.2) is 96.2 Å². The summed E-state index contributed by atoms with van der Waals surface area (Å²) in [6.07, 6.45) is -1.37. The summed E-state index contributed by atoms with van der Waals surface area (Å²) in [6, 6.07) is 13.6. The Bertz CT molecular complexity index is 1140. The molecule has 2 atom stereocenters. The van der Waals surface area contributed by atoms with Crippen molar-refractivity contribution in [2.75, 3.05) is 45.6 Å². The quantitative estimate of drug-likeness (QED) is 0.128. The van der Waals surface area contributed by atoms with Gasteiger partial charge in [0.25, 0.3) is 0 Å². The average Bonchev–Trinajstić information content (AvgIpc) is 2.90. The molecule has 0 saturated heterocycles. The van der Waals surface area contributed by atoms with Crippen molar-refractivity contribution in [2.45, 2.75) is 24.9 Å². The Hall–Kier alpha value is -3.65. The number of carboxylic acid groups (broad SMARTS) is 4. The molecule has 0 unspecified atom stereocenters. The maximum Gasteiger partial charge on any atom is 0.0590 e. The van der Waals surface area contributed by atoms with Crippen LogP contribution in [0.25, 0.3) is 0 Å². The maximum atomic E-state index is 12.0. The van der Waals surface area contributed by atoms with Gasteiger partial charge in [-0.15, -0.1) is 0 Å². The second-order valence-corrected chi connectivity index (χ2v) is 11.1. The predicted octanol–water partition coefficient (Wildman–Crippen LogP) is -6.01. The summed E-state index contributed by atoms with van der Waals surface area (Å²) >= 11 is 0. The van der Waals surface area contributed by atoms with Crippen LogP contribution in [0.5, 0.6) is 0 Å². The highest BCUT2D eigenvalue weighted by molar-refractivity contribution is 7.48. The summed E-state index contributed by atoms with van der Waals surface area (Å²) in [6.45, 7) is -3.15. The van der Waals surface area contributed by atoms with Crippen molar-refractivity contribution in [1.29, 1.82) is 0 Å². The van der Waals surface area contributed by atoms with Gasteiger partial charge >= 0.3 is 0 Å². The molecule has 2 aromatic carbocycles. The highest BCUT2D eigenvalue weighted by Crippen LogP contribution is 2.24. The molecule has 0 aliphatic carbocycles. The molecule has 0 aliphatic rings. The molecule has 0 bridgehead atoms. The fraction of sp³-hybridized carbons (Fsp3) is 0.407. The minimum atomic E-state index is -5.22. The Kier molecular flexibility index (Phi) is 13.7. The van der Waals surface area contributed by atoms with E-state index in [0.717, 1.165) is 14.7 Å². The molecular formula is C27H30N3O11P-6. The lowest BCUT2D eigenvalue weighted by molar-refractivity contribution is -0.318. The maximum absolute atomic E-state index is 12.0. The van der Waals surface area contributed by atoms with Crippen LogP contribution >= 0.6 is 7.60 Å². The SMILES string of the molecule is O=C([O-])CN(CCN(CCN(CC(=O)[O-])[C@@H](Cc1ccccc1)C(=O)[O-])CP(=O)([O-])[O-])[C@@H](Cc1ccccc1)C(=O)[O-]. The molecule has 0 radical (unpaired) electrons. The van der Waals surface area contributed by atoms with E-state index in [1.807, 2.05) is 0 Å². The predicted molar refractivity (Wildman–Crippen MR) is 135 cm³/mol. The van der Waals surface area contributed by atoms with Crippen LogP contribution in [0.2, 0.25) is 0 Å². The molecule has 42 heavy (non-hydrogen) atoms. The molecule has 0 aromatic heterocycles. The Morgan fingerprint density at radius 2 is 0.976 bits per heavy atom. The van der Waals surface area contributed by atoms with Crippen LogP contribution in [0, 0.1) is 0 Å². The van der Waals surface area contributed by atoms with Gasteiger partial charge < -0.3 is 54.0 Å². The number of rotatable bonds is 20. The monoisotopic (exact) mass is 603 g/mol.